The number of hydrogen-bond acceptors (Lipinski definition) is 1. The molecule has 0 radical (unpaired) electrons. The predicted molar refractivity (Wildman–Crippen MR) is 56.3 cm³/mol. The lowest BCUT2D eigenvalue weighted by Gasteiger charge is -2.12. The first-order chi connectivity index (χ1) is 6.15. The van der Waals surface area contributed by atoms with Gasteiger partial charge in [0.05, 0.1) is 0 Å². The zero-order valence-corrected chi connectivity index (χ0v) is 8.48. The third kappa shape index (κ3) is 0.932. The van der Waals surface area contributed by atoms with Crippen LogP contribution in [0.3, 0.4) is 0 Å². The van der Waals surface area contributed by atoms with Crippen molar-refractivity contribution in [3.8, 4) is 0 Å². The molecule has 0 spiro atoms. The lowest BCUT2D eigenvalue weighted by atomic mass is 9.91. The Morgan fingerprint density at radius 3 is 2.92 bits per heavy atom. The summed E-state index contributed by atoms with van der Waals surface area (Å²) in [6.45, 7) is 12.2. The molecule has 2 aliphatic rings. The Balaban J connectivity index is 2.41. The van der Waals surface area contributed by atoms with Gasteiger partial charge < -0.3 is 5.32 Å². The number of rotatable bonds is 3. The zero-order valence-electron chi connectivity index (χ0n) is 8.48. The maximum Gasteiger partial charge on any atom is 0.0405 e. The van der Waals surface area contributed by atoms with Crippen molar-refractivity contribution in [2.75, 3.05) is 0 Å². The average molecular weight is 175 g/mol. The van der Waals surface area contributed by atoms with Crippen molar-refractivity contribution >= 4 is 0 Å². The van der Waals surface area contributed by atoms with Crippen molar-refractivity contribution < 1.29 is 0 Å². The van der Waals surface area contributed by atoms with Gasteiger partial charge in [-0.3, -0.25) is 0 Å². The molecule has 0 aromatic heterocycles. The molecule has 0 aromatic carbocycles. The molecule has 70 valence electrons. The predicted octanol–water partition coefficient (Wildman–Crippen LogP) is 2.77. The minimum atomic E-state index is 0.413. The SMILES string of the molecule is C=CC1=C(C(=C)C)NC2CC12CC. The molecule has 2 unspecified atom stereocenters. The van der Waals surface area contributed by atoms with Crippen LogP contribution in [0.5, 0.6) is 0 Å². The van der Waals surface area contributed by atoms with Crippen LogP contribution in [0.2, 0.25) is 0 Å². The lowest BCUT2D eigenvalue weighted by molar-refractivity contribution is 0.581. The summed E-state index contributed by atoms with van der Waals surface area (Å²) < 4.78 is 0. The Morgan fingerprint density at radius 2 is 2.46 bits per heavy atom. The van der Waals surface area contributed by atoms with E-state index in [4.69, 9.17) is 0 Å². The smallest absolute Gasteiger partial charge is 0.0405 e. The first-order valence-electron chi connectivity index (χ1n) is 4.95. The maximum absolute atomic E-state index is 3.99. The summed E-state index contributed by atoms with van der Waals surface area (Å²) in [7, 11) is 0. The van der Waals surface area contributed by atoms with Gasteiger partial charge in [0, 0.05) is 17.2 Å². The van der Waals surface area contributed by atoms with Crippen LogP contribution >= 0.6 is 0 Å². The van der Waals surface area contributed by atoms with E-state index in [9.17, 15) is 0 Å². The summed E-state index contributed by atoms with van der Waals surface area (Å²) in [5.74, 6) is 0. The van der Waals surface area contributed by atoms with Crippen molar-refractivity contribution in [3.63, 3.8) is 0 Å². The van der Waals surface area contributed by atoms with Gasteiger partial charge in [0.25, 0.3) is 0 Å². The van der Waals surface area contributed by atoms with Crippen LogP contribution in [-0.2, 0) is 0 Å². The molecule has 0 amide bonds. The van der Waals surface area contributed by atoms with Crippen molar-refractivity contribution in [1.82, 2.24) is 5.32 Å². The summed E-state index contributed by atoms with van der Waals surface area (Å²) in [4.78, 5) is 0. The van der Waals surface area contributed by atoms with Gasteiger partial charge in [0.2, 0.25) is 0 Å². The van der Waals surface area contributed by atoms with E-state index >= 15 is 0 Å². The second-order valence-electron chi connectivity index (χ2n) is 4.18. The zero-order chi connectivity index (χ0) is 9.64. The molecule has 2 rings (SSSR count). The van der Waals surface area contributed by atoms with E-state index in [-0.39, 0.29) is 0 Å². The molecule has 1 aliphatic heterocycles. The van der Waals surface area contributed by atoms with Crippen molar-refractivity contribution in [2.24, 2.45) is 5.41 Å². The molecular weight excluding hydrogens is 158 g/mol. The van der Waals surface area contributed by atoms with Gasteiger partial charge in [-0.15, -0.1) is 0 Å². The van der Waals surface area contributed by atoms with E-state index in [0.29, 0.717) is 11.5 Å². The molecule has 1 aliphatic carbocycles. The van der Waals surface area contributed by atoms with E-state index in [1.54, 1.807) is 0 Å². The highest BCUT2D eigenvalue weighted by Gasteiger charge is 2.59. The standard InChI is InChI=1S/C12H17N/c1-5-9-11(8(3)4)13-10-7-12(9,10)6-2/h5,10,13H,1,3,6-7H2,2,4H3. The number of allylic oxidation sites excluding steroid dienone is 2. The highest BCUT2D eigenvalue weighted by Crippen LogP contribution is 2.60. The number of fused-ring (bicyclic) bond motifs is 1. The molecule has 1 fully saturated rings. The fourth-order valence-corrected chi connectivity index (χ4v) is 2.53. The van der Waals surface area contributed by atoms with E-state index in [2.05, 4.69) is 32.3 Å². The molecule has 1 nitrogen and oxygen atoms in total. The Kier molecular flexibility index (Phi) is 1.66. The summed E-state index contributed by atoms with van der Waals surface area (Å²) in [6, 6.07) is 0.664. The van der Waals surface area contributed by atoms with Gasteiger partial charge in [0.1, 0.15) is 0 Å². The van der Waals surface area contributed by atoms with Gasteiger partial charge in [-0.05, 0) is 30.9 Å². The maximum atomic E-state index is 3.99. The van der Waals surface area contributed by atoms with Crippen molar-refractivity contribution in [2.45, 2.75) is 32.7 Å². The van der Waals surface area contributed by atoms with Crippen molar-refractivity contribution in [1.29, 1.82) is 0 Å². The minimum absolute atomic E-state index is 0.413. The molecule has 0 bridgehead atoms. The second-order valence-corrected chi connectivity index (χ2v) is 4.18. The molecule has 1 N–H and O–H groups in total. The van der Waals surface area contributed by atoms with Gasteiger partial charge in [-0.25, -0.2) is 0 Å². The quantitative estimate of drug-likeness (QED) is 0.695. The molecule has 2 atom stereocenters. The molecule has 1 heteroatoms. The Bertz CT molecular complexity index is 307. The first kappa shape index (κ1) is 8.61. The Morgan fingerprint density at radius 1 is 1.77 bits per heavy atom. The topological polar surface area (TPSA) is 12.0 Å². The molecular formula is C12H17N. The van der Waals surface area contributed by atoms with Crippen molar-refractivity contribution in [3.05, 3.63) is 36.1 Å². The number of nitrogens with one attached hydrogen (secondary N) is 1. The first-order valence-corrected chi connectivity index (χ1v) is 4.95. The monoisotopic (exact) mass is 175 g/mol. The lowest BCUT2D eigenvalue weighted by Crippen LogP contribution is -2.13. The van der Waals surface area contributed by atoms with Gasteiger partial charge in [-0.1, -0.05) is 26.2 Å². The largest absolute Gasteiger partial charge is 0.381 e. The van der Waals surface area contributed by atoms with Crippen LogP contribution in [0.15, 0.2) is 36.1 Å². The minimum Gasteiger partial charge on any atom is -0.381 e. The average Bonchev–Trinajstić information content (AvgIpc) is 2.73. The van der Waals surface area contributed by atoms with E-state index < -0.39 is 0 Å². The third-order valence-corrected chi connectivity index (χ3v) is 3.46. The normalized spacial score (nSPS) is 35.4. The highest BCUT2D eigenvalue weighted by atomic mass is 15.1. The van der Waals surface area contributed by atoms with Gasteiger partial charge >= 0.3 is 0 Å². The van der Waals surface area contributed by atoms with Crippen LogP contribution in [0.1, 0.15) is 26.7 Å². The van der Waals surface area contributed by atoms with E-state index in [1.165, 1.54) is 24.1 Å². The fraction of sp³-hybridized carbons (Fsp3) is 0.500. The van der Waals surface area contributed by atoms with Gasteiger partial charge in [0.15, 0.2) is 0 Å². The molecule has 0 aromatic rings. The van der Waals surface area contributed by atoms with Crippen LogP contribution in [0.25, 0.3) is 0 Å². The second kappa shape index (κ2) is 2.50. The molecule has 1 heterocycles. The summed E-state index contributed by atoms with van der Waals surface area (Å²) >= 11 is 0. The molecule has 0 saturated heterocycles. The summed E-state index contributed by atoms with van der Waals surface area (Å²) in [5.41, 5.74) is 4.19. The van der Waals surface area contributed by atoms with Crippen LogP contribution in [0.4, 0.5) is 0 Å². The third-order valence-electron chi connectivity index (χ3n) is 3.46. The molecule has 13 heavy (non-hydrogen) atoms. The fourth-order valence-electron chi connectivity index (χ4n) is 2.53. The summed E-state index contributed by atoms with van der Waals surface area (Å²) in [6.07, 6.45) is 4.50. The summed E-state index contributed by atoms with van der Waals surface area (Å²) in [5, 5.41) is 3.53. The Hall–Kier alpha value is -0.980. The van der Waals surface area contributed by atoms with Crippen LogP contribution in [-0.4, -0.2) is 6.04 Å². The van der Waals surface area contributed by atoms with Crippen LogP contribution in [0, 0.1) is 5.41 Å². The van der Waals surface area contributed by atoms with Crippen LogP contribution < -0.4 is 5.32 Å². The van der Waals surface area contributed by atoms with E-state index in [0.717, 1.165) is 5.57 Å². The Labute approximate surface area is 80.2 Å². The van der Waals surface area contributed by atoms with Gasteiger partial charge in [-0.2, -0.15) is 0 Å². The highest BCUT2D eigenvalue weighted by molar-refractivity contribution is 5.51. The number of hydrogen-bond donors (Lipinski definition) is 1. The molecule has 1 saturated carbocycles. The van der Waals surface area contributed by atoms with E-state index in [1.807, 2.05) is 6.08 Å².